The predicted octanol–water partition coefficient (Wildman–Crippen LogP) is 2.46. The van der Waals surface area contributed by atoms with E-state index in [1.165, 1.54) is 0 Å². The molecule has 1 saturated heterocycles. The average molecular weight is 273 g/mol. The summed E-state index contributed by atoms with van der Waals surface area (Å²) in [5.41, 5.74) is 0.745. The summed E-state index contributed by atoms with van der Waals surface area (Å²) in [6.07, 6.45) is 1.80. The quantitative estimate of drug-likeness (QED) is 0.916. The number of carbonyl (C=O) groups is 2. The average Bonchev–Trinajstić information content (AvgIpc) is 3.19. The molecule has 1 N–H and O–H groups in total. The Bertz CT molecular complexity index is 536. The van der Waals surface area contributed by atoms with E-state index in [9.17, 15) is 9.59 Å². The van der Waals surface area contributed by atoms with E-state index in [0.29, 0.717) is 6.54 Å². The number of carbonyl (C=O) groups excluding carboxylic acids is 1. The first-order valence-electron chi connectivity index (χ1n) is 7.12. The number of benzene rings is 1. The van der Waals surface area contributed by atoms with Crippen LogP contribution < -0.4 is 0 Å². The summed E-state index contributed by atoms with van der Waals surface area (Å²) in [6, 6.07) is 9.93. The Morgan fingerprint density at radius 1 is 1.40 bits per heavy atom. The minimum absolute atomic E-state index is 0.0139. The van der Waals surface area contributed by atoms with Crippen LogP contribution in [0.3, 0.4) is 0 Å². The van der Waals surface area contributed by atoms with Crippen molar-refractivity contribution < 1.29 is 14.7 Å². The summed E-state index contributed by atoms with van der Waals surface area (Å²) in [4.78, 5) is 25.5. The summed E-state index contributed by atoms with van der Waals surface area (Å²) < 4.78 is 0. The predicted molar refractivity (Wildman–Crippen MR) is 74.0 cm³/mol. The van der Waals surface area contributed by atoms with Crippen LogP contribution in [0, 0.1) is 11.3 Å². The van der Waals surface area contributed by atoms with E-state index in [-0.39, 0.29) is 29.7 Å². The van der Waals surface area contributed by atoms with Gasteiger partial charge in [0.1, 0.15) is 0 Å². The first kappa shape index (κ1) is 13.2. The van der Waals surface area contributed by atoms with Crippen LogP contribution in [-0.2, 0) is 9.59 Å². The second-order valence-corrected chi connectivity index (χ2v) is 6.00. The van der Waals surface area contributed by atoms with Gasteiger partial charge in [0.2, 0.25) is 5.91 Å². The maximum absolute atomic E-state index is 12.6. The van der Waals surface area contributed by atoms with E-state index < -0.39 is 5.97 Å². The lowest BCUT2D eigenvalue weighted by atomic mass is 9.89. The Kier molecular flexibility index (Phi) is 3.04. The van der Waals surface area contributed by atoms with Gasteiger partial charge in [0.25, 0.3) is 0 Å². The largest absolute Gasteiger partial charge is 0.481 e. The van der Waals surface area contributed by atoms with Gasteiger partial charge in [-0.2, -0.15) is 0 Å². The molecule has 1 aliphatic carbocycles. The maximum atomic E-state index is 12.6. The van der Waals surface area contributed by atoms with Gasteiger partial charge in [-0.25, -0.2) is 0 Å². The molecule has 1 amide bonds. The topological polar surface area (TPSA) is 57.6 Å². The highest BCUT2D eigenvalue weighted by Gasteiger charge is 2.62. The van der Waals surface area contributed by atoms with Crippen molar-refractivity contribution in [3.8, 4) is 0 Å². The maximum Gasteiger partial charge on any atom is 0.303 e. The van der Waals surface area contributed by atoms with Crippen LogP contribution in [0.5, 0.6) is 0 Å². The SMILES string of the molecule is C[C@H](c1ccccc1)N1CC(CC(=O)O)C2(CC2)C1=O. The number of likely N-dealkylation sites (tertiary alicyclic amines) is 1. The van der Waals surface area contributed by atoms with Gasteiger partial charge in [-0.3, -0.25) is 9.59 Å². The molecule has 1 aromatic carbocycles. The third-order valence-corrected chi connectivity index (χ3v) is 4.84. The van der Waals surface area contributed by atoms with Gasteiger partial charge < -0.3 is 10.0 Å². The monoisotopic (exact) mass is 273 g/mol. The molecule has 106 valence electrons. The van der Waals surface area contributed by atoms with Crippen LogP contribution in [0.2, 0.25) is 0 Å². The number of nitrogens with zero attached hydrogens (tertiary/aromatic N) is 1. The molecule has 1 aromatic rings. The van der Waals surface area contributed by atoms with E-state index in [1.54, 1.807) is 0 Å². The van der Waals surface area contributed by atoms with Crippen molar-refractivity contribution in [3.05, 3.63) is 35.9 Å². The fourth-order valence-electron chi connectivity index (χ4n) is 3.43. The molecule has 20 heavy (non-hydrogen) atoms. The molecule has 0 radical (unpaired) electrons. The van der Waals surface area contributed by atoms with Gasteiger partial charge in [0.15, 0.2) is 0 Å². The Labute approximate surface area is 118 Å². The summed E-state index contributed by atoms with van der Waals surface area (Å²) in [5, 5.41) is 9.03. The lowest BCUT2D eigenvalue weighted by molar-refractivity contribution is -0.138. The molecule has 4 heteroatoms. The molecule has 3 rings (SSSR count). The molecule has 0 aromatic heterocycles. The number of hydrogen-bond donors (Lipinski definition) is 1. The van der Waals surface area contributed by atoms with Crippen LogP contribution in [0.1, 0.15) is 37.8 Å². The highest BCUT2D eigenvalue weighted by Crippen LogP contribution is 2.59. The molecular weight excluding hydrogens is 254 g/mol. The van der Waals surface area contributed by atoms with Crippen molar-refractivity contribution in [2.75, 3.05) is 6.54 Å². The van der Waals surface area contributed by atoms with Crippen molar-refractivity contribution in [2.24, 2.45) is 11.3 Å². The van der Waals surface area contributed by atoms with Crippen molar-refractivity contribution in [1.82, 2.24) is 4.90 Å². The third-order valence-electron chi connectivity index (χ3n) is 4.84. The Hall–Kier alpha value is -1.84. The van der Waals surface area contributed by atoms with Crippen LogP contribution in [0.4, 0.5) is 0 Å². The summed E-state index contributed by atoms with van der Waals surface area (Å²) >= 11 is 0. The highest BCUT2D eigenvalue weighted by atomic mass is 16.4. The molecular formula is C16H19NO3. The van der Waals surface area contributed by atoms with Gasteiger partial charge in [-0.15, -0.1) is 0 Å². The fourth-order valence-corrected chi connectivity index (χ4v) is 3.43. The fraction of sp³-hybridized carbons (Fsp3) is 0.500. The van der Waals surface area contributed by atoms with Crippen molar-refractivity contribution >= 4 is 11.9 Å². The zero-order chi connectivity index (χ0) is 14.3. The number of amides is 1. The van der Waals surface area contributed by atoms with Gasteiger partial charge >= 0.3 is 5.97 Å². The molecule has 4 nitrogen and oxygen atoms in total. The highest BCUT2D eigenvalue weighted by molar-refractivity contribution is 5.89. The molecule has 2 aliphatic rings. The number of carboxylic acids is 1. The zero-order valence-electron chi connectivity index (χ0n) is 11.6. The third kappa shape index (κ3) is 1.99. The van der Waals surface area contributed by atoms with E-state index in [1.807, 2.05) is 42.2 Å². The lowest BCUT2D eigenvalue weighted by Crippen LogP contribution is -2.30. The van der Waals surface area contributed by atoms with Crippen molar-refractivity contribution in [2.45, 2.75) is 32.2 Å². The smallest absolute Gasteiger partial charge is 0.303 e. The summed E-state index contributed by atoms with van der Waals surface area (Å²) in [5.74, 6) is -0.679. The number of hydrogen-bond acceptors (Lipinski definition) is 2. The molecule has 1 aliphatic heterocycles. The van der Waals surface area contributed by atoms with Gasteiger partial charge in [0.05, 0.1) is 17.9 Å². The van der Waals surface area contributed by atoms with E-state index >= 15 is 0 Å². The number of rotatable bonds is 4. The Balaban J connectivity index is 1.82. The molecule has 0 bridgehead atoms. The van der Waals surface area contributed by atoms with Crippen LogP contribution in [0.15, 0.2) is 30.3 Å². The second kappa shape index (κ2) is 4.62. The van der Waals surface area contributed by atoms with Gasteiger partial charge in [0, 0.05) is 12.5 Å². The lowest BCUT2D eigenvalue weighted by Gasteiger charge is -2.25. The Morgan fingerprint density at radius 2 is 2.05 bits per heavy atom. The molecule has 1 heterocycles. The Morgan fingerprint density at radius 3 is 2.60 bits per heavy atom. The molecule has 1 spiro atoms. The molecule has 1 unspecified atom stereocenters. The van der Waals surface area contributed by atoms with E-state index in [0.717, 1.165) is 18.4 Å². The summed E-state index contributed by atoms with van der Waals surface area (Å²) in [6.45, 7) is 2.59. The normalized spacial score (nSPS) is 24.9. The van der Waals surface area contributed by atoms with Crippen molar-refractivity contribution in [1.29, 1.82) is 0 Å². The van der Waals surface area contributed by atoms with E-state index in [4.69, 9.17) is 5.11 Å². The van der Waals surface area contributed by atoms with Crippen LogP contribution in [0.25, 0.3) is 0 Å². The first-order chi connectivity index (χ1) is 9.54. The molecule has 2 fully saturated rings. The van der Waals surface area contributed by atoms with Gasteiger partial charge in [-0.05, 0) is 25.3 Å². The van der Waals surface area contributed by atoms with Crippen molar-refractivity contribution in [3.63, 3.8) is 0 Å². The number of carboxylic acid groups (broad SMARTS) is 1. The van der Waals surface area contributed by atoms with Gasteiger partial charge in [-0.1, -0.05) is 30.3 Å². The molecule has 1 saturated carbocycles. The molecule has 2 atom stereocenters. The standard InChI is InChI=1S/C16H19NO3/c1-11(12-5-3-2-4-6-12)17-10-13(9-14(18)19)16(7-8-16)15(17)20/h2-6,11,13H,7-10H2,1H3,(H,18,19)/t11-,13?/m1/s1. The minimum Gasteiger partial charge on any atom is -0.481 e. The first-order valence-corrected chi connectivity index (χ1v) is 7.12. The second-order valence-electron chi connectivity index (χ2n) is 6.00. The van der Waals surface area contributed by atoms with Crippen LogP contribution in [-0.4, -0.2) is 28.4 Å². The minimum atomic E-state index is -0.803. The van der Waals surface area contributed by atoms with Crippen LogP contribution >= 0.6 is 0 Å². The number of aliphatic carboxylic acids is 1. The summed E-state index contributed by atoms with van der Waals surface area (Å²) in [7, 11) is 0. The van der Waals surface area contributed by atoms with E-state index in [2.05, 4.69) is 0 Å². The zero-order valence-corrected chi connectivity index (χ0v) is 11.6.